The van der Waals surface area contributed by atoms with E-state index in [0.29, 0.717) is 5.56 Å². The highest BCUT2D eigenvalue weighted by Gasteiger charge is 1.95. The zero-order chi connectivity index (χ0) is 10.4. The van der Waals surface area contributed by atoms with Gasteiger partial charge in [-0.3, -0.25) is 0 Å². The summed E-state index contributed by atoms with van der Waals surface area (Å²) in [5.41, 5.74) is 1.60. The van der Waals surface area contributed by atoms with E-state index in [-0.39, 0.29) is 5.82 Å². The highest BCUT2D eigenvalue weighted by molar-refractivity contribution is 5.50. The van der Waals surface area contributed by atoms with Crippen molar-refractivity contribution in [1.29, 1.82) is 0 Å². The van der Waals surface area contributed by atoms with Crippen LogP contribution in [0.5, 0.6) is 0 Å². The molecule has 0 heterocycles. The van der Waals surface area contributed by atoms with E-state index in [1.54, 1.807) is 19.1 Å². The first-order chi connectivity index (χ1) is 6.74. The van der Waals surface area contributed by atoms with Crippen molar-refractivity contribution in [3.63, 3.8) is 0 Å². The molecule has 0 unspecified atom stereocenters. The van der Waals surface area contributed by atoms with Crippen LogP contribution in [-0.2, 0) is 0 Å². The molecule has 14 heavy (non-hydrogen) atoms. The van der Waals surface area contributed by atoms with E-state index in [4.69, 9.17) is 0 Å². The van der Waals surface area contributed by atoms with Crippen LogP contribution in [0.15, 0.2) is 24.3 Å². The lowest BCUT2D eigenvalue weighted by molar-refractivity contribution is 0.618. The Morgan fingerprint density at radius 1 is 1.43 bits per heavy atom. The second-order valence-corrected chi connectivity index (χ2v) is 3.22. The average molecular weight is 193 g/mol. The maximum atomic E-state index is 13.1. The molecular formula is C12H16FN. The third kappa shape index (κ3) is 3.30. The van der Waals surface area contributed by atoms with Crippen LogP contribution in [0.3, 0.4) is 0 Å². The first-order valence-electron chi connectivity index (χ1n) is 4.87. The molecule has 1 nitrogen and oxygen atoms in total. The van der Waals surface area contributed by atoms with E-state index in [2.05, 4.69) is 12.2 Å². The molecule has 1 aromatic rings. The summed E-state index contributed by atoms with van der Waals surface area (Å²) >= 11 is 0. The number of halogens is 1. The maximum absolute atomic E-state index is 13.1. The highest BCUT2D eigenvalue weighted by atomic mass is 19.1. The third-order valence-electron chi connectivity index (χ3n) is 2.02. The van der Waals surface area contributed by atoms with Gasteiger partial charge in [-0.15, -0.1) is 0 Å². The molecule has 0 aliphatic heterocycles. The standard InChI is InChI=1S/C12H16FN/c1-3-14-8-4-5-11-7-6-10(2)12(13)9-11/h4-7,9,14H,3,8H2,1-2H3. The largest absolute Gasteiger partial charge is 0.314 e. The van der Waals surface area contributed by atoms with Gasteiger partial charge in [0, 0.05) is 6.54 Å². The van der Waals surface area contributed by atoms with Crippen molar-refractivity contribution >= 4 is 6.08 Å². The normalized spacial score (nSPS) is 11.1. The number of likely N-dealkylation sites (N-methyl/N-ethyl adjacent to an activating group) is 1. The molecule has 0 aliphatic carbocycles. The Bertz CT molecular complexity index is 318. The fraction of sp³-hybridized carbons (Fsp3) is 0.333. The molecule has 2 heteroatoms. The number of hydrogen-bond donors (Lipinski definition) is 1. The van der Waals surface area contributed by atoms with Gasteiger partial charge in [-0.25, -0.2) is 4.39 Å². The second-order valence-electron chi connectivity index (χ2n) is 3.22. The fourth-order valence-electron chi connectivity index (χ4n) is 1.14. The Morgan fingerprint density at radius 3 is 2.86 bits per heavy atom. The first kappa shape index (κ1) is 10.9. The van der Waals surface area contributed by atoms with Gasteiger partial charge in [-0.05, 0) is 30.7 Å². The highest BCUT2D eigenvalue weighted by Crippen LogP contribution is 2.10. The maximum Gasteiger partial charge on any atom is 0.126 e. The predicted octanol–water partition coefficient (Wildman–Crippen LogP) is 2.76. The van der Waals surface area contributed by atoms with Gasteiger partial charge in [0.05, 0.1) is 0 Å². The summed E-state index contributed by atoms with van der Waals surface area (Å²) in [4.78, 5) is 0. The molecule has 0 bridgehead atoms. The summed E-state index contributed by atoms with van der Waals surface area (Å²) in [5.74, 6) is -0.143. The van der Waals surface area contributed by atoms with Crippen LogP contribution in [0.2, 0.25) is 0 Å². The Morgan fingerprint density at radius 2 is 2.21 bits per heavy atom. The summed E-state index contributed by atoms with van der Waals surface area (Å²) < 4.78 is 13.1. The third-order valence-corrected chi connectivity index (χ3v) is 2.02. The van der Waals surface area contributed by atoms with Gasteiger partial charge in [-0.1, -0.05) is 31.2 Å². The number of hydrogen-bond acceptors (Lipinski definition) is 1. The molecule has 1 N–H and O–H groups in total. The first-order valence-corrected chi connectivity index (χ1v) is 4.87. The van der Waals surface area contributed by atoms with Gasteiger partial charge < -0.3 is 5.32 Å². The molecule has 0 saturated heterocycles. The monoisotopic (exact) mass is 193 g/mol. The molecule has 0 aliphatic rings. The molecule has 1 aromatic carbocycles. The molecule has 0 aromatic heterocycles. The van der Waals surface area contributed by atoms with E-state index in [0.717, 1.165) is 18.7 Å². The average Bonchev–Trinajstić information content (AvgIpc) is 2.18. The van der Waals surface area contributed by atoms with Gasteiger partial charge in [0.1, 0.15) is 5.82 Å². The van der Waals surface area contributed by atoms with Crippen LogP contribution < -0.4 is 5.32 Å². The number of rotatable bonds is 4. The quantitative estimate of drug-likeness (QED) is 0.725. The van der Waals surface area contributed by atoms with Crippen LogP contribution in [0, 0.1) is 12.7 Å². The van der Waals surface area contributed by atoms with Crippen LogP contribution in [0.25, 0.3) is 6.08 Å². The molecule has 0 saturated carbocycles. The summed E-state index contributed by atoms with van der Waals surface area (Å²) in [6, 6.07) is 5.26. The van der Waals surface area contributed by atoms with Crippen molar-refractivity contribution in [1.82, 2.24) is 5.32 Å². The predicted molar refractivity (Wildman–Crippen MR) is 58.7 cm³/mol. The van der Waals surface area contributed by atoms with E-state index in [1.165, 1.54) is 0 Å². The molecule has 0 amide bonds. The van der Waals surface area contributed by atoms with Crippen molar-refractivity contribution in [2.24, 2.45) is 0 Å². The van der Waals surface area contributed by atoms with E-state index in [9.17, 15) is 4.39 Å². The van der Waals surface area contributed by atoms with Crippen molar-refractivity contribution < 1.29 is 4.39 Å². The molecule has 0 fully saturated rings. The van der Waals surface area contributed by atoms with E-state index in [1.807, 2.05) is 18.2 Å². The topological polar surface area (TPSA) is 12.0 Å². The number of nitrogens with one attached hydrogen (secondary N) is 1. The number of aryl methyl sites for hydroxylation is 1. The minimum Gasteiger partial charge on any atom is -0.314 e. The summed E-state index contributed by atoms with van der Waals surface area (Å²) in [6.07, 6.45) is 3.92. The minimum absolute atomic E-state index is 0.143. The molecule has 0 radical (unpaired) electrons. The zero-order valence-electron chi connectivity index (χ0n) is 8.68. The van der Waals surface area contributed by atoms with Gasteiger partial charge >= 0.3 is 0 Å². The summed E-state index contributed by atoms with van der Waals surface area (Å²) in [5, 5.41) is 3.16. The summed E-state index contributed by atoms with van der Waals surface area (Å²) in [6.45, 7) is 5.60. The van der Waals surface area contributed by atoms with Gasteiger partial charge in [0.2, 0.25) is 0 Å². The SMILES string of the molecule is CCNCC=Cc1ccc(C)c(F)c1. The molecular weight excluding hydrogens is 177 g/mol. The van der Waals surface area contributed by atoms with Crippen molar-refractivity contribution in [3.05, 3.63) is 41.2 Å². The Hall–Kier alpha value is -1.15. The summed E-state index contributed by atoms with van der Waals surface area (Å²) in [7, 11) is 0. The minimum atomic E-state index is -0.143. The Kier molecular flexibility index (Phi) is 4.33. The van der Waals surface area contributed by atoms with Crippen LogP contribution >= 0.6 is 0 Å². The Labute approximate surface area is 84.6 Å². The van der Waals surface area contributed by atoms with Gasteiger partial charge in [-0.2, -0.15) is 0 Å². The number of benzene rings is 1. The molecule has 76 valence electrons. The second kappa shape index (κ2) is 5.55. The van der Waals surface area contributed by atoms with Crippen molar-refractivity contribution in [2.75, 3.05) is 13.1 Å². The lowest BCUT2D eigenvalue weighted by Crippen LogP contribution is -2.11. The van der Waals surface area contributed by atoms with Crippen molar-refractivity contribution in [3.8, 4) is 0 Å². The fourth-order valence-corrected chi connectivity index (χ4v) is 1.14. The Balaban J connectivity index is 2.59. The van der Waals surface area contributed by atoms with Gasteiger partial charge in [0.15, 0.2) is 0 Å². The van der Waals surface area contributed by atoms with E-state index >= 15 is 0 Å². The molecule has 0 atom stereocenters. The van der Waals surface area contributed by atoms with Crippen LogP contribution in [0.4, 0.5) is 4.39 Å². The lowest BCUT2D eigenvalue weighted by atomic mass is 10.1. The van der Waals surface area contributed by atoms with E-state index < -0.39 is 0 Å². The smallest absolute Gasteiger partial charge is 0.126 e. The van der Waals surface area contributed by atoms with Crippen LogP contribution in [0.1, 0.15) is 18.1 Å². The zero-order valence-corrected chi connectivity index (χ0v) is 8.68. The van der Waals surface area contributed by atoms with Crippen LogP contribution in [-0.4, -0.2) is 13.1 Å². The molecule has 0 spiro atoms. The van der Waals surface area contributed by atoms with Gasteiger partial charge in [0.25, 0.3) is 0 Å². The van der Waals surface area contributed by atoms with Crippen molar-refractivity contribution in [2.45, 2.75) is 13.8 Å². The molecule has 1 rings (SSSR count). The lowest BCUT2D eigenvalue weighted by Gasteiger charge is -1.98.